The summed E-state index contributed by atoms with van der Waals surface area (Å²) in [6.45, 7) is 3.08. The van der Waals surface area contributed by atoms with E-state index in [-0.39, 0.29) is 5.91 Å². The second-order valence-corrected chi connectivity index (χ2v) is 8.34. The first-order valence-electron chi connectivity index (χ1n) is 8.54. The molecule has 0 radical (unpaired) electrons. The van der Waals surface area contributed by atoms with Gasteiger partial charge in [0.25, 0.3) is 0 Å². The van der Waals surface area contributed by atoms with Crippen molar-refractivity contribution in [1.82, 2.24) is 20.1 Å². The zero-order valence-corrected chi connectivity index (χ0v) is 15.6. The summed E-state index contributed by atoms with van der Waals surface area (Å²) in [5.74, 6) is 1.09. The van der Waals surface area contributed by atoms with Crippen LogP contribution in [-0.4, -0.2) is 32.5 Å². The molecule has 130 valence electrons. The van der Waals surface area contributed by atoms with Gasteiger partial charge in [0.05, 0.1) is 5.75 Å². The van der Waals surface area contributed by atoms with E-state index >= 15 is 0 Å². The zero-order valence-electron chi connectivity index (χ0n) is 14.0. The fourth-order valence-corrected chi connectivity index (χ4v) is 4.56. The van der Waals surface area contributed by atoms with Crippen molar-refractivity contribution in [2.75, 3.05) is 5.75 Å². The van der Waals surface area contributed by atoms with Crippen LogP contribution < -0.4 is 5.32 Å². The van der Waals surface area contributed by atoms with Crippen molar-refractivity contribution in [1.29, 1.82) is 0 Å². The normalized spacial score (nSPS) is 20.9. The monoisotopic (exact) mass is 364 g/mol. The number of aryl methyl sites for hydroxylation is 2. The average Bonchev–Trinajstić information content (AvgIpc) is 3.24. The number of hydrogen-bond acceptors (Lipinski definition) is 5. The molecular weight excluding hydrogens is 340 g/mol. The summed E-state index contributed by atoms with van der Waals surface area (Å²) in [7, 11) is 0. The first-order chi connectivity index (χ1) is 11.7. The van der Waals surface area contributed by atoms with Crippen LogP contribution in [0, 0.1) is 5.92 Å². The van der Waals surface area contributed by atoms with Gasteiger partial charge in [-0.05, 0) is 36.6 Å². The Hall–Kier alpha value is -1.34. The van der Waals surface area contributed by atoms with Gasteiger partial charge in [-0.3, -0.25) is 4.79 Å². The van der Waals surface area contributed by atoms with E-state index in [2.05, 4.69) is 40.0 Å². The lowest BCUT2D eigenvalue weighted by molar-refractivity contribution is -0.119. The van der Waals surface area contributed by atoms with E-state index < -0.39 is 0 Å². The second kappa shape index (κ2) is 8.67. The Kier molecular flexibility index (Phi) is 6.31. The predicted octanol–water partition coefficient (Wildman–Crippen LogP) is 3.37. The van der Waals surface area contributed by atoms with Gasteiger partial charge in [0, 0.05) is 17.5 Å². The lowest BCUT2D eigenvalue weighted by Crippen LogP contribution is -2.41. The van der Waals surface area contributed by atoms with Crippen molar-refractivity contribution >= 4 is 29.0 Å². The molecule has 2 aromatic rings. The minimum Gasteiger partial charge on any atom is -0.352 e. The molecule has 3 rings (SSSR count). The molecule has 1 aliphatic carbocycles. The maximum absolute atomic E-state index is 12.2. The predicted molar refractivity (Wildman–Crippen MR) is 98.3 cm³/mol. The van der Waals surface area contributed by atoms with Crippen LogP contribution in [-0.2, 0) is 17.8 Å². The number of amides is 1. The summed E-state index contributed by atoms with van der Waals surface area (Å²) in [5.41, 5.74) is 0. The fraction of sp³-hybridized carbons (Fsp3) is 0.588. The summed E-state index contributed by atoms with van der Waals surface area (Å²) in [6, 6.07) is 4.54. The van der Waals surface area contributed by atoms with Gasteiger partial charge < -0.3 is 9.88 Å². The van der Waals surface area contributed by atoms with Crippen LogP contribution in [0.25, 0.3) is 0 Å². The third-order valence-corrected chi connectivity index (χ3v) is 6.47. The third kappa shape index (κ3) is 4.83. The molecule has 7 heteroatoms. The van der Waals surface area contributed by atoms with Gasteiger partial charge in [0.2, 0.25) is 5.91 Å². The van der Waals surface area contributed by atoms with Crippen LogP contribution in [0.15, 0.2) is 29.0 Å². The van der Waals surface area contributed by atoms with Crippen molar-refractivity contribution < 1.29 is 4.79 Å². The molecule has 2 unspecified atom stereocenters. The van der Waals surface area contributed by atoms with Gasteiger partial charge in [-0.2, -0.15) is 0 Å². The Morgan fingerprint density at radius 3 is 3.12 bits per heavy atom. The second-order valence-electron chi connectivity index (χ2n) is 6.36. The van der Waals surface area contributed by atoms with Crippen molar-refractivity contribution in [2.45, 2.75) is 56.8 Å². The Morgan fingerprint density at radius 2 is 2.33 bits per heavy atom. The topological polar surface area (TPSA) is 59.8 Å². The van der Waals surface area contributed by atoms with Crippen LogP contribution in [0.3, 0.4) is 0 Å². The maximum Gasteiger partial charge on any atom is 0.230 e. The van der Waals surface area contributed by atoms with E-state index in [4.69, 9.17) is 0 Å². The van der Waals surface area contributed by atoms with Gasteiger partial charge in [-0.1, -0.05) is 37.6 Å². The Morgan fingerprint density at radius 1 is 1.46 bits per heavy atom. The molecule has 1 N–H and O–H groups in total. The summed E-state index contributed by atoms with van der Waals surface area (Å²) in [5, 5.41) is 14.2. The molecule has 0 aliphatic heterocycles. The standard InChI is InChI=1S/C17H24N4OS2/c1-13-5-2-3-7-15(13)19-16(22)11-24-17-20-18-12-21(17)9-8-14-6-4-10-23-14/h4,6,10,12-13,15H,2-3,5,7-9,11H2,1H3,(H,19,22). The number of carbonyl (C=O) groups excluding carboxylic acids is 1. The van der Waals surface area contributed by atoms with Crippen molar-refractivity contribution in [3.8, 4) is 0 Å². The lowest BCUT2D eigenvalue weighted by Gasteiger charge is -2.29. The summed E-state index contributed by atoms with van der Waals surface area (Å²) in [4.78, 5) is 13.6. The van der Waals surface area contributed by atoms with Crippen molar-refractivity contribution in [2.24, 2.45) is 5.92 Å². The highest BCUT2D eigenvalue weighted by Crippen LogP contribution is 2.24. The molecule has 1 aliphatic rings. The van der Waals surface area contributed by atoms with E-state index in [1.54, 1.807) is 17.7 Å². The van der Waals surface area contributed by atoms with Gasteiger partial charge in [-0.25, -0.2) is 0 Å². The number of thioether (sulfide) groups is 1. The molecule has 1 fully saturated rings. The van der Waals surface area contributed by atoms with Gasteiger partial charge in [0.1, 0.15) is 6.33 Å². The van der Waals surface area contributed by atoms with Gasteiger partial charge in [0.15, 0.2) is 5.16 Å². The minimum atomic E-state index is 0.103. The molecule has 1 saturated carbocycles. The number of carbonyl (C=O) groups is 1. The fourth-order valence-electron chi connectivity index (χ4n) is 3.10. The van der Waals surface area contributed by atoms with Crippen molar-refractivity contribution in [3.05, 3.63) is 28.7 Å². The molecular formula is C17H24N4OS2. The molecule has 0 aromatic carbocycles. The third-order valence-electron chi connectivity index (χ3n) is 4.55. The molecule has 0 bridgehead atoms. The highest BCUT2D eigenvalue weighted by Gasteiger charge is 2.22. The molecule has 0 saturated heterocycles. The van der Waals surface area contributed by atoms with E-state index in [9.17, 15) is 4.79 Å². The van der Waals surface area contributed by atoms with Crippen LogP contribution >= 0.6 is 23.1 Å². The Labute approximate surface area is 151 Å². The summed E-state index contributed by atoms with van der Waals surface area (Å²) < 4.78 is 2.03. The number of nitrogens with zero attached hydrogens (tertiary/aromatic N) is 3. The molecule has 1 amide bonds. The van der Waals surface area contributed by atoms with Crippen LogP contribution in [0.4, 0.5) is 0 Å². The highest BCUT2D eigenvalue weighted by atomic mass is 32.2. The zero-order chi connectivity index (χ0) is 16.8. The smallest absolute Gasteiger partial charge is 0.230 e. The molecule has 2 heterocycles. The Balaban J connectivity index is 1.46. The number of hydrogen-bond donors (Lipinski definition) is 1. The summed E-state index contributed by atoms with van der Waals surface area (Å²) >= 11 is 3.23. The largest absolute Gasteiger partial charge is 0.352 e. The van der Waals surface area contributed by atoms with Gasteiger partial charge in [-0.15, -0.1) is 21.5 Å². The van der Waals surface area contributed by atoms with Crippen LogP contribution in [0.1, 0.15) is 37.5 Å². The molecule has 2 aromatic heterocycles. The van der Waals surface area contributed by atoms with E-state index in [1.807, 2.05) is 4.57 Å². The SMILES string of the molecule is CC1CCCCC1NC(=O)CSc1nncn1CCc1cccs1. The number of rotatable bonds is 7. The van der Waals surface area contributed by atoms with Crippen molar-refractivity contribution in [3.63, 3.8) is 0 Å². The quantitative estimate of drug-likeness (QED) is 0.765. The molecule has 0 spiro atoms. The van der Waals surface area contributed by atoms with E-state index in [0.717, 1.165) is 24.5 Å². The molecule has 24 heavy (non-hydrogen) atoms. The minimum absolute atomic E-state index is 0.103. The maximum atomic E-state index is 12.2. The molecule has 2 atom stereocenters. The number of nitrogens with one attached hydrogen (secondary N) is 1. The van der Waals surface area contributed by atoms with E-state index in [0.29, 0.717) is 17.7 Å². The highest BCUT2D eigenvalue weighted by molar-refractivity contribution is 7.99. The summed E-state index contributed by atoms with van der Waals surface area (Å²) in [6.07, 6.45) is 7.55. The van der Waals surface area contributed by atoms with E-state index in [1.165, 1.54) is 35.9 Å². The number of thiophene rings is 1. The lowest BCUT2D eigenvalue weighted by atomic mass is 9.86. The average molecular weight is 365 g/mol. The Bertz CT molecular complexity index is 641. The number of aromatic nitrogens is 3. The van der Waals surface area contributed by atoms with Crippen LogP contribution in [0.2, 0.25) is 0 Å². The van der Waals surface area contributed by atoms with Crippen LogP contribution in [0.5, 0.6) is 0 Å². The van der Waals surface area contributed by atoms with Gasteiger partial charge >= 0.3 is 0 Å². The molecule has 5 nitrogen and oxygen atoms in total. The first-order valence-corrected chi connectivity index (χ1v) is 10.4. The first kappa shape index (κ1) is 17.5.